The molecule has 1 aromatic carbocycles. The summed E-state index contributed by atoms with van der Waals surface area (Å²) in [7, 11) is 0. The summed E-state index contributed by atoms with van der Waals surface area (Å²) >= 11 is 11.6. The standard InChI is InChI=1S/C14H17Cl2NO3/c15-12-4-3-10(5-13(12)16)14(19)17-6-11(18)8-20-7-9-1-2-9/h3-5,9,11,18H,1-2,6-8H2,(H,17,19). The molecule has 0 heterocycles. The molecule has 1 aliphatic carbocycles. The third-order valence-corrected chi connectivity index (χ3v) is 3.78. The van der Waals surface area contributed by atoms with E-state index in [2.05, 4.69) is 5.32 Å². The highest BCUT2D eigenvalue weighted by Crippen LogP contribution is 2.28. The third-order valence-electron chi connectivity index (χ3n) is 3.04. The van der Waals surface area contributed by atoms with Crippen molar-refractivity contribution in [3.05, 3.63) is 33.8 Å². The van der Waals surface area contributed by atoms with Gasteiger partial charge in [-0.1, -0.05) is 23.2 Å². The molecule has 110 valence electrons. The number of halogens is 2. The molecule has 6 heteroatoms. The summed E-state index contributed by atoms with van der Waals surface area (Å²) in [6, 6.07) is 4.64. The molecular weight excluding hydrogens is 301 g/mol. The number of benzene rings is 1. The molecule has 0 aromatic heterocycles. The maximum Gasteiger partial charge on any atom is 0.251 e. The molecule has 1 saturated carbocycles. The van der Waals surface area contributed by atoms with Crippen LogP contribution in [0.5, 0.6) is 0 Å². The Labute approximate surface area is 128 Å². The second kappa shape index (κ2) is 7.27. The molecule has 1 atom stereocenters. The molecule has 1 amide bonds. The van der Waals surface area contributed by atoms with E-state index in [1.807, 2.05) is 0 Å². The number of amides is 1. The van der Waals surface area contributed by atoms with Gasteiger partial charge in [-0.25, -0.2) is 0 Å². The first kappa shape index (κ1) is 15.6. The monoisotopic (exact) mass is 317 g/mol. The number of ether oxygens (including phenoxy) is 1. The van der Waals surface area contributed by atoms with Crippen molar-refractivity contribution >= 4 is 29.1 Å². The van der Waals surface area contributed by atoms with Crippen LogP contribution in [0.4, 0.5) is 0 Å². The van der Waals surface area contributed by atoms with Gasteiger partial charge in [0.25, 0.3) is 5.91 Å². The van der Waals surface area contributed by atoms with Gasteiger partial charge in [0.2, 0.25) is 0 Å². The number of nitrogens with one attached hydrogen (secondary N) is 1. The molecule has 0 saturated heterocycles. The highest BCUT2D eigenvalue weighted by Gasteiger charge is 2.21. The van der Waals surface area contributed by atoms with Crippen LogP contribution >= 0.6 is 23.2 Å². The number of carbonyl (C=O) groups is 1. The molecule has 0 spiro atoms. The number of hydrogen-bond donors (Lipinski definition) is 2. The topological polar surface area (TPSA) is 58.6 Å². The zero-order valence-electron chi connectivity index (χ0n) is 10.9. The van der Waals surface area contributed by atoms with Gasteiger partial charge in [-0.05, 0) is 37.0 Å². The van der Waals surface area contributed by atoms with Gasteiger partial charge in [-0.15, -0.1) is 0 Å². The van der Waals surface area contributed by atoms with Gasteiger partial charge < -0.3 is 15.2 Å². The van der Waals surface area contributed by atoms with Gasteiger partial charge in [0, 0.05) is 18.7 Å². The molecule has 1 unspecified atom stereocenters. The van der Waals surface area contributed by atoms with Crippen molar-refractivity contribution in [1.82, 2.24) is 5.32 Å². The van der Waals surface area contributed by atoms with Crippen molar-refractivity contribution < 1.29 is 14.6 Å². The minimum Gasteiger partial charge on any atom is -0.389 e. The van der Waals surface area contributed by atoms with Gasteiger partial charge in [0.15, 0.2) is 0 Å². The van der Waals surface area contributed by atoms with E-state index in [0.717, 1.165) is 0 Å². The van der Waals surface area contributed by atoms with Crippen molar-refractivity contribution in [1.29, 1.82) is 0 Å². The Kier molecular flexibility index (Phi) is 5.66. The molecule has 4 nitrogen and oxygen atoms in total. The van der Waals surface area contributed by atoms with E-state index in [0.29, 0.717) is 28.1 Å². The zero-order chi connectivity index (χ0) is 14.5. The molecule has 20 heavy (non-hydrogen) atoms. The van der Waals surface area contributed by atoms with Gasteiger partial charge in [-0.3, -0.25) is 4.79 Å². The average molecular weight is 318 g/mol. The lowest BCUT2D eigenvalue weighted by Gasteiger charge is -2.12. The van der Waals surface area contributed by atoms with Crippen LogP contribution < -0.4 is 5.32 Å². The Hall–Kier alpha value is -0.810. The number of aliphatic hydroxyl groups is 1. The number of hydrogen-bond acceptors (Lipinski definition) is 3. The molecule has 1 aromatic rings. The third kappa shape index (κ3) is 4.94. The minimum absolute atomic E-state index is 0.143. The summed E-state index contributed by atoms with van der Waals surface area (Å²) in [5.74, 6) is 0.359. The van der Waals surface area contributed by atoms with E-state index >= 15 is 0 Å². The summed E-state index contributed by atoms with van der Waals surface area (Å²) in [6.07, 6.45) is 1.72. The van der Waals surface area contributed by atoms with Gasteiger partial charge >= 0.3 is 0 Å². The summed E-state index contributed by atoms with van der Waals surface area (Å²) in [5.41, 5.74) is 0.408. The van der Waals surface area contributed by atoms with E-state index in [1.165, 1.54) is 18.9 Å². The van der Waals surface area contributed by atoms with E-state index < -0.39 is 6.10 Å². The summed E-state index contributed by atoms with van der Waals surface area (Å²) in [6.45, 7) is 1.07. The number of carbonyl (C=O) groups excluding carboxylic acids is 1. The lowest BCUT2D eigenvalue weighted by Crippen LogP contribution is -2.34. The lowest BCUT2D eigenvalue weighted by atomic mass is 10.2. The molecule has 1 aliphatic rings. The van der Waals surface area contributed by atoms with E-state index in [9.17, 15) is 9.90 Å². The maximum atomic E-state index is 11.8. The minimum atomic E-state index is -0.708. The second-order valence-electron chi connectivity index (χ2n) is 4.97. The van der Waals surface area contributed by atoms with E-state index in [-0.39, 0.29) is 19.1 Å². The lowest BCUT2D eigenvalue weighted by molar-refractivity contribution is 0.0320. The van der Waals surface area contributed by atoms with Gasteiger partial charge in [-0.2, -0.15) is 0 Å². The first-order valence-electron chi connectivity index (χ1n) is 6.55. The van der Waals surface area contributed by atoms with Crippen molar-refractivity contribution in [2.75, 3.05) is 19.8 Å². The fraction of sp³-hybridized carbons (Fsp3) is 0.500. The Morgan fingerprint density at radius 2 is 2.15 bits per heavy atom. The maximum absolute atomic E-state index is 11.8. The summed E-state index contributed by atoms with van der Waals surface area (Å²) in [4.78, 5) is 11.8. The fourth-order valence-electron chi connectivity index (χ4n) is 1.66. The number of rotatable bonds is 7. The van der Waals surface area contributed by atoms with Crippen LogP contribution in [0.15, 0.2) is 18.2 Å². The average Bonchev–Trinajstić information content (AvgIpc) is 3.23. The van der Waals surface area contributed by atoms with Gasteiger partial charge in [0.1, 0.15) is 0 Å². The van der Waals surface area contributed by atoms with Crippen LogP contribution in [0.2, 0.25) is 10.0 Å². The SMILES string of the molecule is O=C(NCC(O)COCC1CC1)c1ccc(Cl)c(Cl)c1. The molecule has 2 N–H and O–H groups in total. The summed E-state index contributed by atoms with van der Waals surface area (Å²) in [5, 5.41) is 13.0. The largest absolute Gasteiger partial charge is 0.389 e. The van der Waals surface area contributed by atoms with Crippen LogP contribution in [-0.4, -0.2) is 36.9 Å². The predicted molar refractivity (Wildman–Crippen MR) is 78.3 cm³/mol. The van der Waals surface area contributed by atoms with E-state index in [1.54, 1.807) is 12.1 Å². The molecule has 0 radical (unpaired) electrons. The van der Waals surface area contributed by atoms with Crippen LogP contribution in [0, 0.1) is 5.92 Å². The first-order valence-corrected chi connectivity index (χ1v) is 7.31. The predicted octanol–water partition coefficient (Wildman–Crippen LogP) is 2.51. The van der Waals surface area contributed by atoms with Crippen molar-refractivity contribution in [3.63, 3.8) is 0 Å². The Morgan fingerprint density at radius 3 is 2.80 bits per heavy atom. The van der Waals surface area contributed by atoms with Crippen molar-refractivity contribution in [3.8, 4) is 0 Å². The Morgan fingerprint density at radius 1 is 1.40 bits per heavy atom. The molecule has 0 bridgehead atoms. The van der Waals surface area contributed by atoms with Crippen molar-refractivity contribution in [2.45, 2.75) is 18.9 Å². The molecule has 1 fully saturated rings. The smallest absolute Gasteiger partial charge is 0.251 e. The Bertz CT molecular complexity index is 477. The van der Waals surface area contributed by atoms with Crippen LogP contribution in [0.3, 0.4) is 0 Å². The van der Waals surface area contributed by atoms with Crippen molar-refractivity contribution in [2.24, 2.45) is 5.92 Å². The normalized spacial score (nSPS) is 15.9. The molecule has 2 rings (SSSR count). The quantitative estimate of drug-likeness (QED) is 0.812. The summed E-state index contributed by atoms with van der Waals surface area (Å²) < 4.78 is 5.35. The Balaban J connectivity index is 1.71. The zero-order valence-corrected chi connectivity index (χ0v) is 12.5. The highest BCUT2D eigenvalue weighted by atomic mass is 35.5. The highest BCUT2D eigenvalue weighted by molar-refractivity contribution is 6.42. The molecular formula is C14H17Cl2NO3. The fourth-order valence-corrected chi connectivity index (χ4v) is 1.96. The molecule has 0 aliphatic heterocycles. The van der Waals surface area contributed by atoms with Crippen LogP contribution in [0.1, 0.15) is 23.2 Å². The van der Waals surface area contributed by atoms with E-state index in [4.69, 9.17) is 27.9 Å². The van der Waals surface area contributed by atoms with Crippen LogP contribution in [-0.2, 0) is 4.74 Å². The van der Waals surface area contributed by atoms with Crippen LogP contribution in [0.25, 0.3) is 0 Å². The number of aliphatic hydroxyl groups excluding tert-OH is 1. The second-order valence-corrected chi connectivity index (χ2v) is 5.79. The van der Waals surface area contributed by atoms with Gasteiger partial charge in [0.05, 0.1) is 22.8 Å². The first-order chi connectivity index (χ1) is 9.56.